The van der Waals surface area contributed by atoms with Crippen LogP contribution < -0.4 is 5.32 Å². The number of amides is 2. The molecule has 1 aromatic rings. The number of piperidine rings is 1. The molecule has 1 unspecified atom stereocenters. The number of likely N-dealkylation sites (tertiary alicyclic amines) is 1. The summed E-state index contributed by atoms with van der Waals surface area (Å²) in [5.41, 5.74) is 1.30. The van der Waals surface area contributed by atoms with Crippen molar-refractivity contribution in [3.8, 4) is 0 Å². The van der Waals surface area contributed by atoms with Crippen LogP contribution in [-0.4, -0.2) is 48.4 Å². The van der Waals surface area contributed by atoms with E-state index in [1.807, 2.05) is 23.1 Å². The highest BCUT2D eigenvalue weighted by Gasteiger charge is 2.29. The van der Waals surface area contributed by atoms with E-state index in [1.54, 1.807) is 11.8 Å². The first-order valence-electron chi connectivity index (χ1n) is 8.79. The highest BCUT2D eigenvalue weighted by atomic mass is 32.2. The number of aryl methyl sites for hydroxylation is 1. The smallest absolute Gasteiger partial charge is 0.224 e. The fourth-order valence-corrected chi connectivity index (χ4v) is 3.47. The number of rotatable bonds is 9. The van der Waals surface area contributed by atoms with E-state index in [2.05, 4.69) is 23.7 Å². The predicted molar refractivity (Wildman–Crippen MR) is 100 cm³/mol. The first kappa shape index (κ1) is 18.8. The molecule has 1 N–H and O–H groups in total. The molecule has 2 amide bonds. The summed E-state index contributed by atoms with van der Waals surface area (Å²) < 4.78 is 0. The number of hydrogen-bond donors (Lipinski definition) is 1. The van der Waals surface area contributed by atoms with Crippen molar-refractivity contribution in [3.63, 3.8) is 0 Å². The van der Waals surface area contributed by atoms with Crippen LogP contribution in [0.25, 0.3) is 0 Å². The zero-order chi connectivity index (χ0) is 17.2. The average Bonchev–Trinajstić information content (AvgIpc) is 2.61. The Morgan fingerprint density at radius 2 is 2.08 bits per heavy atom. The summed E-state index contributed by atoms with van der Waals surface area (Å²) in [5.74, 6) is 1.31. The fourth-order valence-electron chi connectivity index (χ4n) is 3.04. The molecule has 5 heteroatoms. The molecular weight excluding hydrogens is 320 g/mol. The van der Waals surface area contributed by atoms with Crippen molar-refractivity contribution in [2.24, 2.45) is 5.92 Å². The van der Waals surface area contributed by atoms with Crippen LogP contribution in [0.2, 0.25) is 0 Å². The normalized spacial score (nSPS) is 17.8. The molecule has 132 valence electrons. The van der Waals surface area contributed by atoms with Gasteiger partial charge in [-0.25, -0.2) is 0 Å². The molecule has 0 bridgehead atoms. The predicted octanol–water partition coefficient (Wildman–Crippen LogP) is 2.73. The number of carbonyl (C=O) groups excluding carboxylic acids is 2. The van der Waals surface area contributed by atoms with Crippen molar-refractivity contribution in [1.29, 1.82) is 0 Å². The van der Waals surface area contributed by atoms with Gasteiger partial charge >= 0.3 is 0 Å². The number of carbonyl (C=O) groups is 2. The lowest BCUT2D eigenvalue weighted by molar-refractivity contribution is -0.138. The second kappa shape index (κ2) is 10.4. The topological polar surface area (TPSA) is 49.4 Å². The van der Waals surface area contributed by atoms with Crippen LogP contribution in [0.4, 0.5) is 0 Å². The third-order valence-electron chi connectivity index (χ3n) is 4.43. The van der Waals surface area contributed by atoms with Gasteiger partial charge in [0, 0.05) is 26.1 Å². The highest BCUT2D eigenvalue weighted by Crippen LogP contribution is 2.18. The first-order chi connectivity index (χ1) is 11.7. The molecule has 0 radical (unpaired) electrons. The van der Waals surface area contributed by atoms with Crippen LogP contribution >= 0.6 is 11.8 Å². The quantitative estimate of drug-likeness (QED) is 0.698. The van der Waals surface area contributed by atoms with E-state index < -0.39 is 0 Å². The molecular formula is C19H28N2O2S. The van der Waals surface area contributed by atoms with Gasteiger partial charge in [-0.15, -0.1) is 0 Å². The van der Waals surface area contributed by atoms with Gasteiger partial charge < -0.3 is 10.2 Å². The van der Waals surface area contributed by atoms with Crippen LogP contribution in [0, 0.1) is 5.92 Å². The Morgan fingerprint density at radius 1 is 1.29 bits per heavy atom. The van der Waals surface area contributed by atoms with Crippen LogP contribution in [0.15, 0.2) is 30.3 Å². The van der Waals surface area contributed by atoms with Gasteiger partial charge in [0.25, 0.3) is 0 Å². The average molecular weight is 349 g/mol. The second-order valence-corrected chi connectivity index (χ2v) is 7.29. The van der Waals surface area contributed by atoms with Crippen molar-refractivity contribution in [3.05, 3.63) is 35.9 Å². The van der Waals surface area contributed by atoms with E-state index in [0.29, 0.717) is 19.4 Å². The van der Waals surface area contributed by atoms with Gasteiger partial charge in [0.2, 0.25) is 11.8 Å². The van der Waals surface area contributed by atoms with Crippen molar-refractivity contribution >= 4 is 23.6 Å². The lowest BCUT2D eigenvalue weighted by Gasteiger charge is -2.32. The molecule has 0 saturated carbocycles. The van der Waals surface area contributed by atoms with Crippen LogP contribution in [-0.2, 0) is 16.0 Å². The third-order valence-corrected chi connectivity index (χ3v) is 5.13. The highest BCUT2D eigenvalue weighted by molar-refractivity contribution is 7.98. The minimum absolute atomic E-state index is 0.0475. The van der Waals surface area contributed by atoms with Gasteiger partial charge in [-0.2, -0.15) is 11.8 Å². The zero-order valence-corrected chi connectivity index (χ0v) is 15.3. The summed E-state index contributed by atoms with van der Waals surface area (Å²) in [7, 11) is 0. The number of hydrogen-bond acceptors (Lipinski definition) is 3. The SMILES string of the molecule is CSCCCNC(=O)C1CCC(=O)N(CCCc2ccccc2)C1. The van der Waals surface area contributed by atoms with Gasteiger partial charge in [0.1, 0.15) is 0 Å². The molecule has 4 nitrogen and oxygen atoms in total. The Bertz CT molecular complexity index is 521. The first-order valence-corrected chi connectivity index (χ1v) is 10.2. The van der Waals surface area contributed by atoms with Crippen molar-refractivity contribution in [2.75, 3.05) is 31.6 Å². The molecule has 0 spiro atoms. The van der Waals surface area contributed by atoms with Crippen LogP contribution in [0.5, 0.6) is 0 Å². The van der Waals surface area contributed by atoms with E-state index in [0.717, 1.165) is 38.1 Å². The molecule has 1 aliphatic heterocycles. The molecule has 1 aliphatic rings. The summed E-state index contributed by atoms with van der Waals surface area (Å²) in [6, 6.07) is 10.3. The third kappa shape index (κ3) is 6.19. The molecule has 1 fully saturated rings. The minimum atomic E-state index is -0.0475. The Hall–Kier alpha value is -1.49. The molecule has 1 atom stereocenters. The molecule has 0 aromatic heterocycles. The van der Waals surface area contributed by atoms with Gasteiger partial charge in [0.05, 0.1) is 5.92 Å². The van der Waals surface area contributed by atoms with Crippen molar-refractivity contribution in [1.82, 2.24) is 10.2 Å². The molecule has 0 aliphatic carbocycles. The maximum absolute atomic E-state index is 12.3. The molecule has 1 aromatic carbocycles. The van der Waals surface area contributed by atoms with Crippen LogP contribution in [0.3, 0.4) is 0 Å². The summed E-state index contributed by atoms with van der Waals surface area (Å²) in [6.07, 6.45) is 6.16. The van der Waals surface area contributed by atoms with Gasteiger partial charge in [-0.1, -0.05) is 30.3 Å². The lowest BCUT2D eigenvalue weighted by atomic mass is 9.96. The summed E-state index contributed by atoms with van der Waals surface area (Å²) in [6.45, 7) is 2.05. The largest absolute Gasteiger partial charge is 0.356 e. The van der Waals surface area contributed by atoms with E-state index in [-0.39, 0.29) is 17.7 Å². The van der Waals surface area contributed by atoms with E-state index >= 15 is 0 Å². The second-order valence-electron chi connectivity index (χ2n) is 6.30. The molecule has 1 saturated heterocycles. The number of benzene rings is 1. The van der Waals surface area contributed by atoms with Gasteiger partial charge in [-0.3, -0.25) is 9.59 Å². The Kier molecular flexibility index (Phi) is 8.16. The maximum atomic E-state index is 12.3. The molecule has 24 heavy (non-hydrogen) atoms. The number of nitrogens with one attached hydrogen (secondary N) is 1. The number of thioether (sulfide) groups is 1. The summed E-state index contributed by atoms with van der Waals surface area (Å²) in [4.78, 5) is 26.2. The summed E-state index contributed by atoms with van der Waals surface area (Å²) >= 11 is 1.79. The standard InChI is InChI=1S/C19H28N2O2S/c1-24-14-6-12-20-19(23)17-10-11-18(22)21(15-17)13-5-9-16-7-3-2-4-8-16/h2-4,7-8,17H,5-6,9-15H2,1H3,(H,20,23). The van der Waals surface area contributed by atoms with E-state index in [1.165, 1.54) is 5.56 Å². The molecule has 2 rings (SSSR count). The fraction of sp³-hybridized carbons (Fsp3) is 0.579. The monoisotopic (exact) mass is 348 g/mol. The van der Waals surface area contributed by atoms with E-state index in [9.17, 15) is 9.59 Å². The Morgan fingerprint density at radius 3 is 2.83 bits per heavy atom. The van der Waals surface area contributed by atoms with Crippen LogP contribution in [0.1, 0.15) is 31.2 Å². The Balaban J connectivity index is 1.73. The minimum Gasteiger partial charge on any atom is -0.356 e. The summed E-state index contributed by atoms with van der Waals surface area (Å²) in [5, 5.41) is 3.01. The van der Waals surface area contributed by atoms with Gasteiger partial charge in [0.15, 0.2) is 0 Å². The zero-order valence-electron chi connectivity index (χ0n) is 14.5. The van der Waals surface area contributed by atoms with E-state index in [4.69, 9.17) is 0 Å². The van der Waals surface area contributed by atoms with Gasteiger partial charge in [-0.05, 0) is 43.3 Å². The lowest BCUT2D eigenvalue weighted by Crippen LogP contribution is -2.46. The number of nitrogens with zero attached hydrogens (tertiary/aromatic N) is 1. The maximum Gasteiger partial charge on any atom is 0.224 e. The van der Waals surface area contributed by atoms with Crippen molar-refractivity contribution in [2.45, 2.75) is 32.1 Å². The Labute approximate surface area is 149 Å². The molecule has 1 heterocycles. The van der Waals surface area contributed by atoms with Crippen molar-refractivity contribution < 1.29 is 9.59 Å².